The van der Waals surface area contributed by atoms with Crippen LogP contribution in [-0.2, 0) is 30.4 Å². The Bertz CT molecular complexity index is 966. The van der Waals surface area contributed by atoms with Crippen LogP contribution in [0.1, 0.15) is 121 Å². The third-order valence-corrected chi connectivity index (χ3v) is 6.34. The van der Waals surface area contributed by atoms with Crippen molar-refractivity contribution >= 4 is 29.8 Å². The van der Waals surface area contributed by atoms with Crippen LogP contribution in [-0.4, -0.2) is 51.9 Å². The third kappa shape index (κ3) is 11.6. The summed E-state index contributed by atoms with van der Waals surface area (Å²) in [6, 6.07) is 7.64. The van der Waals surface area contributed by atoms with Crippen LogP contribution in [0.5, 0.6) is 0 Å². The molecule has 1 aliphatic rings. The maximum absolute atomic E-state index is 12.6. The molecule has 39 heavy (non-hydrogen) atoms. The number of aryl methyl sites for hydroxylation is 1. The second-order valence-electron chi connectivity index (χ2n) is 11.0. The summed E-state index contributed by atoms with van der Waals surface area (Å²) in [6.45, 7) is 7.59. The summed E-state index contributed by atoms with van der Waals surface area (Å²) in [5.41, 5.74) is 1.29. The van der Waals surface area contributed by atoms with Gasteiger partial charge in [0.15, 0.2) is 0 Å². The summed E-state index contributed by atoms with van der Waals surface area (Å²) < 4.78 is 5.40. The van der Waals surface area contributed by atoms with Gasteiger partial charge in [-0.1, -0.05) is 57.6 Å². The van der Waals surface area contributed by atoms with Gasteiger partial charge in [-0.25, -0.2) is 14.5 Å². The Balaban J connectivity index is 1.55. The van der Waals surface area contributed by atoms with Crippen molar-refractivity contribution in [3.05, 3.63) is 35.4 Å². The van der Waals surface area contributed by atoms with Crippen LogP contribution in [0.25, 0.3) is 0 Å². The SMILES string of the molecule is CCCN(C(=O)CCCCCCCCCCc1ccc(C(=O)OC(C)(C)C)cc1)C(=O)ON1C(=O)CCC1=O. The highest BCUT2D eigenvalue weighted by atomic mass is 16.7. The van der Waals surface area contributed by atoms with Crippen molar-refractivity contribution in [3.8, 4) is 0 Å². The van der Waals surface area contributed by atoms with Gasteiger partial charge in [0.05, 0.1) is 5.56 Å². The van der Waals surface area contributed by atoms with Gasteiger partial charge < -0.3 is 9.57 Å². The van der Waals surface area contributed by atoms with Crippen molar-refractivity contribution in [1.29, 1.82) is 0 Å². The molecule has 216 valence electrons. The molecule has 1 aromatic carbocycles. The second-order valence-corrected chi connectivity index (χ2v) is 11.0. The molecule has 4 amide bonds. The molecular weight excluding hydrogens is 500 g/mol. The van der Waals surface area contributed by atoms with Gasteiger partial charge in [0.2, 0.25) is 5.91 Å². The molecule has 1 fully saturated rings. The zero-order valence-corrected chi connectivity index (χ0v) is 24.0. The Morgan fingerprint density at radius 1 is 0.846 bits per heavy atom. The first kappa shape index (κ1) is 32.0. The van der Waals surface area contributed by atoms with E-state index < -0.39 is 23.5 Å². The monoisotopic (exact) mass is 544 g/mol. The van der Waals surface area contributed by atoms with E-state index in [0.29, 0.717) is 23.5 Å². The molecule has 0 bridgehead atoms. The van der Waals surface area contributed by atoms with Gasteiger partial charge in [0.25, 0.3) is 11.8 Å². The highest BCUT2D eigenvalue weighted by Gasteiger charge is 2.35. The lowest BCUT2D eigenvalue weighted by molar-refractivity contribution is -0.174. The molecule has 9 heteroatoms. The van der Waals surface area contributed by atoms with Crippen LogP contribution in [0, 0.1) is 0 Å². The molecule has 0 spiro atoms. The molecule has 1 saturated heterocycles. The molecule has 1 heterocycles. The highest BCUT2D eigenvalue weighted by Crippen LogP contribution is 2.17. The Morgan fingerprint density at radius 2 is 1.38 bits per heavy atom. The first-order valence-corrected chi connectivity index (χ1v) is 14.2. The number of amides is 4. The van der Waals surface area contributed by atoms with Crippen molar-refractivity contribution in [3.63, 3.8) is 0 Å². The lowest BCUT2D eigenvalue weighted by Gasteiger charge is -2.21. The average Bonchev–Trinajstić information content (AvgIpc) is 3.19. The second kappa shape index (κ2) is 16.0. The minimum Gasteiger partial charge on any atom is -0.456 e. The number of rotatable bonds is 15. The maximum Gasteiger partial charge on any atom is 0.441 e. The van der Waals surface area contributed by atoms with Crippen LogP contribution < -0.4 is 0 Å². The number of unbranched alkanes of at least 4 members (excludes halogenated alkanes) is 7. The summed E-state index contributed by atoms with van der Waals surface area (Å²) in [4.78, 5) is 66.3. The van der Waals surface area contributed by atoms with Gasteiger partial charge in [-0.2, -0.15) is 0 Å². The fraction of sp³-hybridized carbons (Fsp3) is 0.633. The molecule has 1 aromatic rings. The molecule has 0 atom stereocenters. The minimum absolute atomic E-state index is 0.0129. The maximum atomic E-state index is 12.6. The summed E-state index contributed by atoms with van der Waals surface area (Å²) in [7, 11) is 0. The van der Waals surface area contributed by atoms with Crippen LogP contribution in [0.15, 0.2) is 24.3 Å². The minimum atomic E-state index is -0.968. The topological polar surface area (TPSA) is 110 Å². The Morgan fingerprint density at radius 3 is 1.92 bits per heavy atom. The van der Waals surface area contributed by atoms with Crippen molar-refractivity contribution in [2.24, 2.45) is 0 Å². The number of nitrogens with zero attached hydrogens (tertiary/aromatic N) is 2. The third-order valence-electron chi connectivity index (χ3n) is 6.34. The van der Waals surface area contributed by atoms with Gasteiger partial charge in [0.1, 0.15) is 5.60 Å². The number of imide groups is 2. The number of esters is 1. The van der Waals surface area contributed by atoms with E-state index in [2.05, 4.69) is 0 Å². The summed E-state index contributed by atoms with van der Waals surface area (Å²) in [5.74, 6) is -1.77. The Kier molecular flexibility index (Phi) is 13.1. The molecule has 0 unspecified atom stereocenters. The Labute approximate surface area is 232 Å². The zero-order valence-electron chi connectivity index (χ0n) is 24.0. The molecule has 0 radical (unpaired) electrons. The van der Waals surface area contributed by atoms with Gasteiger partial charge in [-0.15, -0.1) is 5.06 Å². The lowest BCUT2D eigenvalue weighted by atomic mass is 10.0. The van der Waals surface area contributed by atoms with Gasteiger partial charge in [-0.3, -0.25) is 14.4 Å². The van der Waals surface area contributed by atoms with Gasteiger partial charge in [-0.05, 0) is 64.2 Å². The number of hydroxylamine groups is 2. The molecule has 9 nitrogen and oxygen atoms in total. The van der Waals surface area contributed by atoms with E-state index in [1.807, 2.05) is 52.0 Å². The first-order chi connectivity index (χ1) is 18.5. The molecule has 0 aliphatic carbocycles. The first-order valence-electron chi connectivity index (χ1n) is 14.2. The van der Waals surface area contributed by atoms with Crippen molar-refractivity contribution in [2.45, 2.75) is 117 Å². The number of hydrogen-bond donors (Lipinski definition) is 0. The van der Waals surface area contributed by atoms with E-state index in [-0.39, 0.29) is 37.7 Å². The van der Waals surface area contributed by atoms with Gasteiger partial charge >= 0.3 is 12.1 Å². The number of ether oxygens (including phenoxy) is 1. The number of carbonyl (C=O) groups is 5. The lowest BCUT2D eigenvalue weighted by Crippen LogP contribution is -2.43. The van der Waals surface area contributed by atoms with Crippen molar-refractivity contribution in [1.82, 2.24) is 9.96 Å². The molecule has 0 saturated carbocycles. The number of carbonyl (C=O) groups excluding carboxylic acids is 5. The molecular formula is C30H44N2O7. The van der Waals surface area contributed by atoms with E-state index in [1.54, 1.807) is 0 Å². The predicted octanol–water partition coefficient (Wildman–Crippen LogP) is 6.13. The van der Waals surface area contributed by atoms with Gasteiger partial charge in [0, 0.05) is 25.8 Å². The molecule has 2 rings (SSSR count). The fourth-order valence-electron chi connectivity index (χ4n) is 4.27. The van der Waals surface area contributed by atoms with E-state index in [4.69, 9.17) is 9.57 Å². The van der Waals surface area contributed by atoms with Crippen molar-refractivity contribution in [2.75, 3.05) is 6.54 Å². The van der Waals surface area contributed by atoms with E-state index in [1.165, 1.54) is 5.56 Å². The standard InChI is InChI=1S/C30H44N2O7/c1-5-22-31(29(37)39-32-26(34)20-21-27(32)35)25(33)15-13-11-9-7-6-8-10-12-14-23-16-18-24(19-17-23)28(36)38-30(2,3)4/h16-19H,5-15,20-22H2,1-4H3. The average molecular weight is 545 g/mol. The number of hydrogen-bond acceptors (Lipinski definition) is 7. The highest BCUT2D eigenvalue weighted by molar-refractivity contribution is 6.02. The molecule has 1 aliphatic heterocycles. The Hall–Kier alpha value is -3.23. The summed E-state index contributed by atoms with van der Waals surface area (Å²) in [6.07, 6.45) is 9.03. The largest absolute Gasteiger partial charge is 0.456 e. The summed E-state index contributed by atoms with van der Waals surface area (Å²) in [5, 5.41) is 0.473. The van der Waals surface area contributed by atoms with Crippen LogP contribution in [0.4, 0.5) is 4.79 Å². The quantitative estimate of drug-likeness (QED) is 0.148. The van der Waals surface area contributed by atoms with Crippen molar-refractivity contribution < 1.29 is 33.5 Å². The predicted molar refractivity (Wildman–Crippen MR) is 146 cm³/mol. The van der Waals surface area contributed by atoms with E-state index in [0.717, 1.165) is 56.3 Å². The smallest absolute Gasteiger partial charge is 0.441 e. The normalized spacial score (nSPS) is 13.5. The van der Waals surface area contributed by atoms with Crippen LogP contribution in [0.2, 0.25) is 0 Å². The van der Waals surface area contributed by atoms with Crippen LogP contribution in [0.3, 0.4) is 0 Å². The zero-order chi connectivity index (χ0) is 28.8. The molecule has 0 N–H and O–H groups in total. The fourth-order valence-corrected chi connectivity index (χ4v) is 4.27. The van der Waals surface area contributed by atoms with E-state index in [9.17, 15) is 24.0 Å². The molecule has 0 aromatic heterocycles. The van der Waals surface area contributed by atoms with E-state index >= 15 is 0 Å². The number of benzene rings is 1. The summed E-state index contributed by atoms with van der Waals surface area (Å²) >= 11 is 0. The van der Waals surface area contributed by atoms with Crippen LogP contribution >= 0.6 is 0 Å².